The molecule has 0 bridgehead atoms. The fraction of sp³-hybridized carbons (Fsp3) is 0.538. The molecule has 0 aromatic carbocycles. The standard InChI is InChI=1S/C13H20N2O5S2/c1-5-7(11(14)16)15-22(19,20)9-6-8(12(17)18)21-10(9)13(2,3)4/h6-7,15H,5H2,1-4H3,(H2,14,16)(H,17,18)/t7-/m1/s1. The molecule has 0 aliphatic heterocycles. The van der Waals surface area contributed by atoms with Gasteiger partial charge in [0.1, 0.15) is 10.9 Å². The fourth-order valence-corrected chi connectivity index (χ4v) is 4.88. The second-order valence-corrected chi connectivity index (χ2v) is 8.58. The number of thiophene rings is 1. The van der Waals surface area contributed by atoms with Crippen molar-refractivity contribution in [1.29, 1.82) is 0 Å². The van der Waals surface area contributed by atoms with Crippen molar-refractivity contribution in [2.24, 2.45) is 5.73 Å². The van der Waals surface area contributed by atoms with Crippen LogP contribution in [0.25, 0.3) is 0 Å². The summed E-state index contributed by atoms with van der Waals surface area (Å²) in [5.74, 6) is -1.98. The molecule has 1 rings (SSSR count). The smallest absolute Gasteiger partial charge is 0.345 e. The molecule has 0 spiro atoms. The molecule has 9 heteroatoms. The Labute approximate surface area is 133 Å². The number of aromatic carboxylic acids is 1. The number of nitrogens with two attached hydrogens (primary N) is 1. The average molecular weight is 348 g/mol. The number of rotatable bonds is 6. The van der Waals surface area contributed by atoms with Crippen LogP contribution < -0.4 is 10.5 Å². The minimum Gasteiger partial charge on any atom is -0.477 e. The van der Waals surface area contributed by atoms with Crippen molar-refractivity contribution < 1.29 is 23.1 Å². The van der Waals surface area contributed by atoms with Crippen LogP contribution in [0.1, 0.15) is 48.7 Å². The topological polar surface area (TPSA) is 127 Å². The summed E-state index contributed by atoms with van der Waals surface area (Å²) in [5.41, 5.74) is 4.59. The molecule has 0 unspecified atom stereocenters. The SMILES string of the molecule is CC[C@@H](NS(=O)(=O)c1cc(C(=O)O)sc1C(C)(C)C)C(N)=O. The molecule has 1 amide bonds. The van der Waals surface area contributed by atoms with Gasteiger partial charge >= 0.3 is 5.97 Å². The van der Waals surface area contributed by atoms with E-state index in [0.717, 1.165) is 17.4 Å². The van der Waals surface area contributed by atoms with Crippen LogP contribution in [-0.4, -0.2) is 31.4 Å². The van der Waals surface area contributed by atoms with Crippen LogP contribution >= 0.6 is 11.3 Å². The maximum Gasteiger partial charge on any atom is 0.345 e. The Balaban J connectivity index is 3.40. The number of sulfonamides is 1. The van der Waals surface area contributed by atoms with Crippen LogP contribution in [0, 0.1) is 0 Å². The minimum atomic E-state index is -4.05. The molecule has 0 aliphatic carbocycles. The first kappa shape index (κ1) is 18.6. The zero-order valence-electron chi connectivity index (χ0n) is 12.8. The van der Waals surface area contributed by atoms with E-state index in [0.29, 0.717) is 4.88 Å². The van der Waals surface area contributed by atoms with Crippen LogP contribution in [0.3, 0.4) is 0 Å². The summed E-state index contributed by atoms with van der Waals surface area (Å²) < 4.78 is 27.2. The summed E-state index contributed by atoms with van der Waals surface area (Å²) in [6, 6.07) is 0.0786. The predicted octanol–water partition coefficient (Wildman–Crippen LogP) is 1.29. The molecular weight excluding hydrogens is 328 g/mol. The third-order valence-electron chi connectivity index (χ3n) is 2.93. The predicted molar refractivity (Wildman–Crippen MR) is 83.6 cm³/mol. The lowest BCUT2D eigenvalue weighted by atomic mass is 9.95. The molecule has 124 valence electrons. The molecule has 22 heavy (non-hydrogen) atoms. The molecule has 0 aliphatic rings. The molecule has 1 aromatic rings. The van der Waals surface area contributed by atoms with Crippen LogP contribution in [0.5, 0.6) is 0 Å². The number of carbonyl (C=O) groups excluding carboxylic acids is 1. The normalized spacial score (nSPS) is 13.8. The van der Waals surface area contributed by atoms with E-state index in [1.54, 1.807) is 27.7 Å². The van der Waals surface area contributed by atoms with Gasteiger partial charge in [0, 0.05) is 4.88 Å². The van der Waals surface area contributed by atoms with E-state index in [1.165, 1.54) is 0 Å². The molecule has 0 saturated heterocycles. The van der Waals surface area contributed by atoms with Gasteiger partial charge in [0.05, 0.1) is 4.90 Å². The highest BCUT2D eigenvalue weighted by Crippen LogP contribution is 2.36. The van der Waals surface area contributed by atoms with Crippen LogP contribution in [0.2, 0.25) is 0 Å². The number of primary amides is 1. The van der Waals surface area contributed by atoms with Gasteiger partial charge in [-0.3, -0.25) is 4.79 Å². The number of carbonyl (C=O) groups is 2. The molecule has 0 radical (unpaired) electrons. The number of hydrogen-bond acceptors (Lipinski definition) is 5. The molecular formula is C13H20N2O5S2. The maximum absolute atomic E-state index is 12.5. The number of hydrogen-bond donors (Lipinski definition) is 3. The summed E-state index contributed by atoms with van der Waals surface area (Å²) >= 11 is 0.910. The second kappa shape index (κ2) is 6.35. The van der Waals surface area contributed by atoms with Crippen molar-refractivity contribution in [1.82, 2.24) is 4.72 Å². The lowest BCUT2D eigenvalue weighted by Gasteiger charge is -2.20. The van der Waals surface area contributed by atoms with E-state index in [1.807, 2.05) is 0 Å². The molecule has 0 saturated carbocycles. The molecule has 1 aromatic heterocycles. The van der Waals surface area contributed by atoms with Gasteiger partial charge in [-0.05, 0) is 17.9 Å². The van der Waals surface area contributed by atoms with Gasteiger partial charge in [0.2, 0.25) is 15.9 Å². The third kappa shape index (κ3) is 4.05. The Bertz CT molecular complexity index is 686. The van der Waals surface area contributed by atoms with Crippen molar-refractivity contribution in [2.45, 2.75) is 50.5 Å². The summed E-state index contributed by atoms with van der Waals surface area (Å²) in [5, 5.41) is 9.09. The Morgan fingerprint density at radius 2 is 1.95 bits per heavy atom. The number of carboxylic acids is 1. The summed E-state index contributed by atoms with van der Waals surface area (Å²) in [6.45, 7) is 6.98. The summed E-state index contributed by atoms with van der Waals surface area (Å²) in [6.07, 6.45) is 0.204. The molecule has 0 fully saturated rings. The minimum absolute atomic E-state index is 0.0718. The average Bonchev–Trinajstić information content (AvgIpc) is 2.81. The molecule has 7 nitrogen and oxygen atoms in total. The summed E-state index contributed by atoms with van der Waals surface area (Å²) in [7, 11) is -4.05. The van der Waals surface area contributed by atoms with Crippen LogP contribution in [0.15, 0.2) is 11.0 Å². The lowest BCUT2D eigenvalue weighted by Crippen LogP contribution is -2.44. The lowest BCUT2D eigenvalue weighted by molar-refractivity contribution is -0.119. The highest BCUT2D eigenvalue weighted by atomic mass is 32.2. The monoisotopic (exact) mass is 348 g/mol. The van der Waals surface area contributed by atoms with Crippen molar-refractivity contribution in [3.8, 4) is 0 Å². The van der Waals surface area contributed by atoms with E-state index < -0.39 is 33.4 Å². The van der Waals surface area contributed by atoms with Gasteiger partial charge in [-0.25, -0.2) is 13.2 Å². The molecule has 4 N–H and O–H groups in total. The third-order valence-corrected chi connectivity index (χ3v) is 6.10. The zero-order chi connectivity index (χ0) is 17.3. The van der Waals surface area contributed by atoms with Gasteiger partial charge in [0.25, 0.3) is 0 Å². The van der Waals surface area contributed by atoms with Gasteiger partial charge in [-0.2, -0.15) is 4.72 Å². The van der Waals surface area contributed by atoms with Gasteiger partial charge in [-0.15, -0.1) is 11.3 Å². The van der Waals surface area contributed by atoms with Crippen molar-refractivity contribution >= 4 is 33.2 Å². The Morgan fingerprint density at radius 3 is 2.32 bits per heavy atom. The van der Waals surface area contributed by atoms with Crippen molar-refractivity contribution in [3.63, 3.8) is 0 Å². The van der Waals surface area contributed by atoms with Crippen molar-refractivity contribution in [3.05, 3.63) is 15.8 Å². The van der Waals surface area contributed by atoms with E-state index in [-0.39, 0.29) is 16.2 Å². The van der Waals surface area contributed by atoms with E-state index >= 15 is 0 Å². The van der Waals surface area contributed by atoms with Gasteiger partial charge < -0.3 is 10.8 Å². The number of carboxylic acid groups (broad SMARTS) is 1. The van der Waals surface area contributed by atoms with Crippen LogP contribution in [-0.2, 0) is 20.2 Å². The highest BCUT2D eigenvalue weighted by Gasteiger charge is 2.32. The Kier molecular flexibility index (Phi) is 5.37. The van der Waals surface area contributed by atoms with E-state index in [2.05, 4.69) is 4.72 Å². The van der Waals surface area contributed by atoms with Gasteiger partial charge in [-0.1, -0.05) is 27.7 Å². The Hall–Kier alpha value is -1.45. The van der Waals surface area contributed by atoms with E-state index in [4.69, 9.17) is 10.8 Å². The maximum atomic E-state index is 12.5. The summed E-state index contributed by atoms with van der Waals surface area (Å²) in [4.78, 5) is 22.6. The second-order valence-electron chi connectivity index (χ2n) is 5.84. The first-order valence-electron chi connectivity index (χ1n) is 6.59. The Morgan fingerprint density at radius 1 is 1.41 bits per heavy atom. The molecule has 1 atom stereocenters. The van der Waals surface area contributed by atoms with Gasteiger partial charge in [0.15, 0.2) is 0 Å². The first-order valence-corrected chi connectivity index (χ1v) is 8.89. The zero-order valence-corrected chi connectivity index (χ0v) is 14.5. The van der Waals surface area contributed by atoms with Crippen molar-refractivity contribution in [2.75, 3.05) is 0 Å². The van der Waals surface area contributed by atoms with Crippen LogP contribution in [0.4, 0.5) is 0 Å². The van der Waals surface area contributed by atoms with E-state index in [9.17, 15) is 18.0 Å². The number of amides is 1. The molecule has 1 heterocycles. The quantitative estimate of drug-likeness (QED) is 0.714. The number of nitrogens with one attached hydrogen (secondary N) is 1. The fourth-order valence-electron chi connectivity index (χ4n) is 1.80. The first-order chi connectivity index (χ1) is 9.90. The highest BCUT2D eigenvalue weighted by molar-refractivity contribution is 7.89. The largest absolute Gasteiger partial charge is 0.477 e.